The van der Waals surface area contributed by atoms with Crippen molar-refractivity contribution >= 4 is 40.1 Å². The smallest absolute Gasteiger partial charge is 0.305 e. The second-order valence-electron chi connectivity index (χ2n) is 8.62. The highest BCUT2D eigenvalue weighted by atomic mass is 16.5. The third-order valence-electron chi connectivity index (χ3n) is 6.23. The summed E-state index contributed by atoms with van der Waals surface area (Å²) in [6, 6.07) is 21.9. The van der Waals surface area contributed by atoms with Crippen LogP contribution >= 0.6 is 0 Å². The van der Waals surface area contributed by atoms with E-state index in [4.69, 9.17) is 9.73 Å². The van der Waals surface area contributed by atoms with E-state index in [0.717, 1.165) is 21.4 Å². The van der Waals surface area contributed by atoms with Gasteiger partial charge in [0.1, 0.15) is 0 Å². The lowest BCUT2D eigenvalue weighted by molar-refractivity contribution is -0.143. The molecule has 0 bridgehead atoms. The number of aromatic amines is 1. The van der Waals surface area contributed by atoms with Gasteiger partial charge in [-0.1, -0.05) is 48.5 Å². The first-order valence-corrected chi connectivity index (χ1v) is 12.1. The molecule has 0 atom stereocenters. The minimum atomic E-state index is -0.419. The number of aliphatic imine (C=N–C) groups is 1. The zero-order valence-corrected chi connectivity index (χ0v) is 20.2. The van der Waals surface area contributed by atoms with Gasteiger partial charge in [0.15, 0.2) is 5.88 Å². The molecule has 0 aliphatic carbocycles. The highest BCUT2D eigenvalue weighted by Crippen LogP contribution is 2.33. The van der Waals surface area contributed by atoms with E-state index in [1.165, 1.54) is 0 Å². The number of para-hydroxylation sites is 1. The monoisotopic (exact) mass is 495 g/mol. The van der Waals surface area contributed by atoms with Gasteiger partial charge in [0.05, 0.1) is 34.7 Å². The summed E-state index contributed by atoms with van der Waals surface area (Å²) in [6.07, 6.45) is 0.457. The lowest BCUT2D eigenvalue weighted by Gasteiger charge is -2.13. The second-order valence-corrected chi connectivity index (χ2v) is 8.62. The fourth-order valence-electron chi connectivity index (χ4n) is 4.52. The van der Waals surface area contributed by atoms with E-state index in [1.807, 2.05) is 54.6 Å². The normalized spacial score (nSPS) is 13.3. The van der Waals surface area contributed by atoms with E-state index in [0.29, 0.717) is 28.9 Å². The number of aromatic nitrogens is 1. The number of nitrogens with one attached hydrogen (secondary N) is 1. The van der Waals surface area contributed by atoms with Gasteiger partial charge in [-0.2, -0.15) is 0 Å². The van der Waals surface area contributed by atoms with Crippen LogP contribution in [0.4, 0.5) is 5.69 Å². The molecule has 2 amide bonds. The molecule has 5 rings (SSSR count). The molecule has 1 aromatic heterocycles. The van der Waals surface area contributed by atoms with Crippen LogP contribution < -0.4 is 0 Å². The van der Waals surface area contributed by atoms with Crippen LogP contribution in [0.1, 0.15) is 51.6 Å². The third kappa shape index (κ3) is 4.61. The summed E-state index contributed by atoms with van der Waals surface area (Å²) in [5, 5.41) is 11.6. The van der Waals surface area contributed by atoms with Gasteiger partial charge in [-0.15, -0.1) is 0 Å². The Labute approximate surface area is 213 Å². The fraction of sp³-hybridized carbons (Fsp3) is 0.172. The molecule has 0 saturated heterocycles. The van der Waals surface area contributed by atoms with Gasteiger partial charge < -0.3 is 14.8 Å². The van der Waals surface area contributed by atoms with E-state index in [9.17, 15) is 19.5 Å². The number of benzene rings is 3. The number of hydrogen-bond acceptors (Lipinski definition) is 6. The van der Waals surface area contributed by atoms with Crippen LogP contribution in [0.2, 0.25) is 0 Å². The number of ether oxygens (including phenoxy) is 1. The van der Waals surface area contributed by atoms with E-state index in [1.54, 1.807) is 25.1 Å². The maximum Gasteiger partial charge on any atom is 0.305 e. The highest BCUT2D eigenvalue weighted by Gasteiger charge is 2.35. The molecule has 0 fully saturated rings. The molecule has 0 saturated carbocycles. The van der Waals surface area contributed by atoms with Gasteiger partial charge in [0, 0.05) is 29.4 Å². The summed E-state index contributed by atoms with van der Waals surface area (Å²) in [5.74, 6) is -1.18. The molecule has 8 nitrogen and oxygen atoms in total. The van der Waals surface area contributed by atoms with Crippen LogP contribution in [0, 0.1) is 0 Å². The van der Waals surface area contributed by atoms with Gasteiger partial charge >= 0.3 is 5.97 Å². The van der Waals surface area contributed by atoms with Crippen molar-refractivity contribution in [2.24, 2.45) is 4.99 Å². The first-order valence-electron chi connectivity index (χ1n) is 12.1. The zero-order chi connectivity index (χ0) is 25.9. The van der Waals surface area contributed by atoms with Gasteiger partial charge in [-0.3, -0.25) is 19.3 Å². The minimum absolute atomic E-state index is 0.0102. The Morgan fingerprint density at radius 1 is 0.973 bits per heavy atom. The number of imide groups is 1. The van der Waals surface area contributed by atoms with E-state index < -0.39 is 11.8 Å². The SMILES string of the molecule is CCOC(=O)CCCN1C(=O)c2ccc(N=C(c3ccccc3)c3c(O)[nH]c4ccccc34)cc2C1=O. The molecule has 37 heavy (non-hydrogen) atoms. The molecule has 1 aliphatic heterocycles. The quantitative estimate of drug-likeness (QED) is 0.203. The van der Waals surface area contributed by atoms with Crippen molar-refractivity contribution in [3.8, 4) is 5.88 Å². The Morgan fingerprint density at radius 3 is 2.49 bits per heavy atom. The van der Waals surface area contributed by atoms with Crippen molar-refractivity contribution in [1.29, 1.82) is 0 Å². The number of fused-ring (bicyclic) bond motifs is 2. The molecule has 186 valence electrons. The molecule has 0 spiro atoms. The summed E-state index contributed by atoms with van der Waals surface area (Å²) in [5.41, 5.74) is 3.66. The van der Waals surface area contributed by atoms with Crippen LogP contribution in [-0.4, -0.2) is 51.6 Å². The van der Waals surface area contributed by atoms with Crippen LogP contribution in [0.5, 0.6) is 5.88 Å². The van der Waals surface area contributed by atoms with Crippen LogP contribution in [0.15, 0.2) is 77.8 Å². The summed E-state index contributed by atoms with van der Waals surface area (Å²) < 4.78 is 4.91. The molecule has 1 aliphatic rings. The summed E-state index contributed by atoms with van der Waals surface area (Å²) in [6.45, 7) is 2.14. The largest absolute Gasteiger partial charge is 0.494 e. The first-order chi connectivity index (χ1) is 18.0. The van der Waals surface area contributed by atoms with Gasteiger partial charge in [-0.25, -0.2) is 4.99 Å². The Balaban J connectivity index is 1.50. The number of H-pyrrole nitrogens is 1. The molecule has 4 aromatic rings. The topological polar surface area (TPSA) is 112 Å². The Bertz CT molecular complexity index is 1540. The predicted molar refractivity (Wildman–Crippen MR) is 139 cm³/mol. The van der Waals surface area contributed by atoms with Crippen LogP contribution in [0.25, 0.3) is 10.9 Å². The van der Waals surface area contributed by atoms with Gasteiger partial charge in [0.2, 0.25) is 0 Å². The number of carbonyl (C=O) groups is 3. The number of aromatic hydroxyl groups is 1. The molecule has 2 heterocycles. The number of esters is 1. The fourth-order valence-corrected chi connectivity index (χ4v) is 4.52. The lowest BCUT2D eigenvalue weighted by Crippen LogP contribution is -2.31. The summed E-state index contributed by atoms with van der Waals surface area (Å²) >= 11 is 0. The highest BCUT2D eigenvalue weighted by molar-refractivity contribution is 6.23. The molecule has 3 aromatic carbocycles. The second kappa shape index (κ2) is 10.1. The number of nitrogens with zero attached hydrogens (tertiary/aromatic N) is 2. The number of hydrogen-bond donors (Lipinski definition) is 2. The van der Waals surface area contributed by atoms with E-state index in [-0.39, 0.29) is 37.0 Å². The van der Waals surface area contributed by atoms with Crippen LogP contribution in [-0.2, 0) is 9.53 Å². The van der Waals surface area contributed by atoms with Gasteiger partial charge in [-0.05, 0) is 37.6 Å². The molecular formula is C29H25N3O5. The van der Waals surface area contributed by atoms with E-state index in [2.05, 4.69) is 4.98 Å². The molecule has 0 radical (unpaired) electrons. The van der Waals surface area contributed by atoms with Crippen molar-refractivity contribution in [3.63, 3.8) is 0 Å². The van der Waals surface area contributed by atoms with E-state index >= 15 is 0 Å². The molecular weight excluding hydrogens is 470 g/mol. The first kappa shape index (κ1) is 24.0. The number of carbonyl (C=O) groups excluding carboxylic acids is 3. The predicted octanol–water partition coefficient (Wildman–Crippen LogP) is 4.98. The lowest BCUT2D eigenvalue weighted by atomic mass is 10.0. The Hall–Kier alpha value is -4.72. The van der Waals surface area contributed by atoms with Crippen molar-refractivity contribution in [2.75, 3.05) is 13.2 Å². The summed E-state index contributed by atoms with van der Waals surface area (Å²) in [4.78, 5) is 46.5. The average Bonchev–Trinajstić information content (AvgIpc) is 3.36. The Morgan fingerprint density at radius 2 is 1.70 bits per heavy atom. The Kier molecular flexibility index (Phi) is 6.55. The maximum atomic E-state index is 13.1. The average molecular weight is 496 g/mol. The molecule has 0 unspecified atom stereocenters. The standard InChI is InChI=1S/C29H25N3O5/c1-2-37-24(33)13-8-16-32-28(35)20-15-14-19(17-22(20)29(32)36)30-26(18-9-4-3-5-10-18)25-21-11-6-7-12-23(21)31-27(25)34/h3-7,9-12,14-15,17,31,34H,2,8,13,16H2,1H3. The number of amides is 2. The third-order valence-corrected chi connectivity index (χ3v) is 6.23. The van der Waals surface area contributed by atoms with Crippen molar-refractivity contribution in [1.82, 2.24) is 9.88 Å². The zero-order valence-electron chi connectivity index (χ0n) is 20.2. The maximum absolute atomic E-state index is 13.1. The molecule has 8 heteroatoms. The van der Waals surface area contributed by atoms with Crippen molar-refractivity contribution in [2.45, 2.75) is 19.8 Å². The van der Waals surface area contributed by atoms with Gasteiger partial charge in [0.25, 0.3) is 11.8 Å². The van der Waals surface area contributed by atoms with Crippen LogP contribution in [0.3, 0.4) is 0 Å². The summed E-state index contributed by atoms with van der Waals surface area (Å²) in [7, 11) is 0. The minimum Gasteiger partial charge on any atom is -0.494 e. The number of rotatable bonds is 8. The van der Waals surface area contributed by atoms with Crippen molar-refractivity contribution in [3.05, 3.63) is 95.1 Å². The van der Waals surface area contributed by atoms with Crippen molar-refractivity contribution < 1.29 is 24.2 Å². The molecule has 2 N–H and O–H groups in total.